The lowest BCUT2D eigenvalue weighted by molar-refractivity contribution is 0.245. The molecule has 0 unspecified atom stereocenters. The predicted molar refractivity (Wildman–Crippen MR) is 56.4 cm³/mol. The van der Waals surface area contributed by atoms with Gasteiger partial charge in [0.15, 0.2) is 0 Å². The zero-order valence-corrected chi connectivity index (χ0v) is 8.75. The number of aliphatic hydroxyl groups is 1. The van der Waals surface area contributed by atoms with Crippen LogP contribution in [0.15, 0.2) is 18.2 Å². The monoisotopic (exact) mass is 215 g/mol. The maximum Gasteiger partial charge on any atom is 0.139 e. The third-order valence-corrected chi connectivity index (χ3v) is 2.54. The number of phenolic OH excluding ortho intramolecular Hbond substituents is 1. The summed E-state index contributed by atoms with van der Waals surface area (Å²) < 4.78 is 0. The molecule has 3 nitrogen and oxygen atoms in total. The summed E-state index contributed by atoms with van der Waals surface area (Å²) in [5.74, 6) is -0.00684. The van der Waals surface area contributed by atoms with E-state index in [9.17, 15) is 5.11 Å². The van der Waals surface area contributed by atoms with Gasteiger partial charge >= 0.3 is 0 Å². The highest BCUT2D eigenvalue weighted by Crippen LogP contribution is 2.34. The quantitative estimate of drug-likeness (QED) is 0.718. The molecule has 0 saturated carbocycles. The fraction of sp³-hybridized carbons (Fsp3) is 0.400. The average molecular weight is 216 g/mol. The van der Waals surface area contributed by atoms with Gasteiger partial charge in [0, 0.05) is 17.7 Å². The Labute approximate surface area is 88.1 Å². The Balaban J connectivity index is 3.12. The maximum atomic E-state index is 9.67. The van der Waals surface area contributed by atoms with Gasteiger partial charge in [-0.2, -0.15) is 0 Å². The Bertz CT molecular complexity index is 326. The first-order valence-electron chi connectivity index (χ1n) is 4.37. The Morgan fingerprint density at radius 3 is 2.71 bits per heavy atom. The van der Waals surface area contributed by atoms with E-state index < -0.39 is 5.54 Å². The van der Waals surface area contributed by atoms with Gasteiger partial charge in [-0.25, -0.2) is 0 Å². The first kappa shape index (κ1) is 11.3. The number of hydrogen-bond acceptors (Lipinski definition) is 3. The maximum absolute atomic E-state index is 9.67. The molecule has 0 aliphatic carbocycles. The molecule has 0 saturated heterocycles. The van der Waals surface area contributed by atoms with Crippen LogP contribution in [0.25, 0.3) is 0 Å². The summed E-state index contributed by atoms with van der Waals surface area (Å²) in [5, 5.41) is 18.8. The SMILES string of the molecule is C[C@](N)(CCO)c1cccc(Cl)c1O. The van der Waals surface area contributed by atoms with Gasteiger partial charge in [-0.15, -0.1) is 0 Å². The molecular formula is C10H14ClNO2. The summed E-state index contributed by atoms with van der Waals surface area (Å²) in [6, 6.07) is 5.02. The minimum absolute atomic E-state index is 0.00684. The highest BCUT2D eigenvalue weighted by molar-refractivity contribution is 6.32. The number of phenols is 1. The lowest BCUT2D eigenvalue weighted by atomic mass is 9.89. The zero-order valence-electron chi connectivity index (χ0n) is 8.00. The van der Waals surface area contributed by atoms with Crippen molar-refractivity contribution < 1.29 is 10.2 Å². The Morgan fingerprint density at radius 1 is 1.50 bits per heavy atom. The van der Waals surface area contributed by atoms with E-state index in [0.717, 1.165) is 0 Å². The lowest BCUT2D eigenvalue weighted by Gasteiger charge is -2.25. The second-order valence-electron chi connectivity index (χ2n) is 3.53. The molecule has 1 atom stereocenters. The number of aromatic hydroxyl groups is 1. The molecule has 78 valence electrons. The van der Waals surface area contributed by atoms with Gasteiger partial charge in [-0.05, 0) is 19.4 Å². The third-order valence-electron chi connectivity index (χ3n) is 2.23. The van der Waals surface area contributed by atoms with E-state index in [1.807, 2.05) is 0 Å². The summed E-state index contributed by atoms with van der Waals surface area (Å²) in [4.78, 5) is 0. The Hall–Kier alpha value is -0.770. The van der Waals surface area contributed by atoms with Gasteiger partial charge < -0.3 is 15.9 Å². The summed E-state index contributed by atoms with van der Waals surface area (Å²) in [5.41, 5.74) is 5.73. The zero-order chi connectivity index (χ0) is 10.8. The first-order valence-corrected chi connectivity index (χ1v) is 4.74. The number of aliphatic hydroxyl groups excluding tert-OH is 1. The molecule has 0 fully saturated rings. The van der Waals surface area contributed by atoms with Gasteiger partial charge in [-0.3, -0.25) is 0 Å². The summed E-state index contributed by atoms with van der Waals surface area (Å²) in [6.45, 7) is 1.72. The summed E-state index contributed by atoms with van der Waals surface area (Å²) >= 11 is 5.75. The number of benzene rings is 1. The Kier molecular flexibility index (Phi) is 3.37. The van der Waals surface area contributed by atoms with Crippen LogP contribution in [0.1, 0.15) is 18.9 Å². The molecule has 0 radical (unpaired) electrons. The van der Waals surface area contributed by atoms with Crippen LogP contribution >= 0.6 is 11.6 Å². The van der Waals surface area contributed by atoms with E-state index in [1.165, 1.54) is 0 Å². The molecular weight excluding hydrogens is 202 g/mol. The molecule has 0 heterocycles. The average Bonchev–Trinajstić information content (AvgIpc) is 2.09. The van der Waals surface area contributed by atoms with Crippen molar-refractivity contribution >= 4 is 11.6 Å². The normalized spacial score (nSPS) is 15.1. The van der Waals surface area contributed by atoms with Crippen molar-refractivity contribution in [3.05, 3.63) is 28.8 Å². The van der Waals surface area contributed by atoms with Crippen molar-refractivity contribution in [2.75, 3.05) is 6.61 Å². The molecule has 0 aliphatic heterocycles. The van der Waals surface area contributed by atoms with Crippen LogP contribution in [0.3, 0.4) is 0 Å². The fourth-order valence-electron chi connectivity index (χ4n) is 1.34. The van der Waals surface area contributed by atoms with Crippen molar-refractivity contribution in [2.45, 2.75) is 18.9 Å². The van der Waals surface area contributed by atoms with Gasteiger partial charge in [0.2, 0.25) is 0 Å². The van der Waals surface area contributed by atoms with Crippen LogP contribution in [0, 0.1) is 0 Å². The van der Waals surface area contributed by atoms with Crippen molar-refractivity contribution in [1.29, 1.82) is 0 Å². The van der Waals surface area contributed by atoms with Crippen LogP contribution in [-0.4, -0.2) is 16.8 Å². The van der Waals surface area contributed by atoms with E-state index in [-0.39, 0.29) is 17.4 Å². The van der Waals surface area contributed by atoms with E-state index in [0.29, 0.717) is 12.0 Å². The van der Waals surface area contributed by atoms with Crippen LogP contribution in [0.4, 0.5) is 0 Å². The minimum atomic E-state index is -0.760. The van der Waals surface area contributed by atoms with Gasteiger partial charge in [0.25, 0.3) is 0 Å². The number of halogens is 1. The Morgan fingerprint density at radius 2 is 2.14 bits per heavy atom. The number of hydrogen-bond donors (Lipinski definition) is 3. The van der Waals surface area contributed by atoms with Crippen LogP contribution in [0.5, 0.6) is 5.75 Å². The van der Waals surface area contributed by atoms with Gasteiger partial charge in [0.05, 0.1) is 5.02 Å². The van der Waals surface area contributed by atoms with E-state index >= 15 is 0 Å². The molecule has 1 rings (SSSR count). The van der Waals surface area contributed by atoms with Crippen molar-refractivity contribution in [1.82, 2.24) is 0 Å². The topological polar surface area (TPSA) is 66.5 Å². The first-order chi connectivity index (χ1) is 6.49. The molecule has 14 heavy (non-hydrogen) atoms. The molecule has 0 aromatic heterocycles. The van der Waals surface area contributed by atoms with Crippen molar-refractivity contribution in [2.24, 2.45) is 5.73 Å². The molecule has 0 spiro atoms. The second-order valence-corrected chi connectivity index (χ2v) is 3.93. The number of nitrogens with two attached hydrogens (primary N) is 1. The van der Waals surface area contributed by atoms with Crippen molar-refractivity contribution in [3.63, 3.8) is 0 Å². The van der Waals surface area contributed by atoms with Gasteiger partial charge in [0.1, 0.15) is 5.75 Å². The molecule has 4 heteroatoms. The fourth-order valence-corrected chi connectivity index (χ4v) is 1.52. The van der Waals surface area contributed by atoms with Crippen LogP contribution in [-0.2, 0) is 5.54 Å². The largest absolute Gasteiger partial charge is 0.506 e. The predicted octanol–water partition coefficient (Wildman–Crippen LogP) is 1.60. The number of para-hydroxylation sites is 1. The summed E-state index contributed by atoms with van der Waals surface area (Å²) in [6.07, 6.45) is 0.376. The molecule has 0 bridgehead atoms. The molecule has 0 aliphatic rings. The molecule has 0 amide bonds. The highest BCUT2D eigenvalue weighted by Gasteiger charge is 2.24. The molecule has 4 N–H and O–H groups in total. The van der Waals surface area contributed by atoms with E-state index in [4.69, 9.17) is 22.4 Å². The molecule has 1 aromatic rings. The molecule has 1 aromatic carbocycles. The number of rotatable bonds is 3. The van der Waals surface area contributed by atoms with Crippen LogP contribution in [0.2, 0.25) is 5.02 Å². The third kappa shape index (κ3) is 2.18. The van der Waals surface area contributed by atoms with E-state index in [2.05, 4.69) is 0 Å². The van der Waals surface area contributed by atoms with Crippen LogP contribution < -0.4 is 5.73 Å². The lowest BCUT2D eigenvalue weighted by Crippen LogP contribution is -2.34. The second kappa shape index (κ2) is 4.17. The van der Waals surface area contributed by atoms with Crippen molar-refractivity contribution in [3.8, 4) is 5.75 Å². The minimum Gasteiger partial charge on any atom is -0.506 e. The standard InChI is InChI=1S/C10H14ClNO2/c1-10(12,5-6-13)7-3-2-4-8(11)9(7)14/h2-4,13-14H,5-6,12H2,1H3/t10-/m0/s1. The van der Waals surface area contributed by atoms with Gasteiger partial charge in [-0.1, -0.05) is 23.7 Å². The van der Waals surface area contributed by atoms with E-state index in [1.54, 1.807) is 25.1 Å². The smallest absolute Gasteiger partial charge is 0.139 e. The highest BCUT2D eigenvalue weighted by atomic mass is 35.5. The summed E-state index contributed by atoms with van der Waals surface area (Å²) in [7, 11) is 0.